The molecule has 3 aromatic rings. The molecule has 0 bridgehead atoms. The van der Waals surface area contributed by atoms with Crippen LogP contribution in [0.3, 0.4) is 0 Å². The summed E-state index contributed by atoms with van der Waals surface area (Å²) in [6.07, 6.45) is 0. The number of nitrogens with one attached hydrogen (secondary N) is 1. The molecular formula is C29H34ClN3O4S. The lowest BCUT2D eigenvalue weighted by Crippen LogP contribution is -2.52. The molecule has 1 N–H and O–H groups in total. The Hall–Kier alpha value is -3.36. The second-order valence-electron chi connectivity index (χ2n) is 9.60. The van der Waals surface area contributed by atoms with E-state index >= 15 is 0 Å². The summed E-state index contributed by atoms with van der Waals surface area (Å²) >= 11 is 6.17. The van der Waals surface area contributed by atoms with E-state index in [0.29, 0.717) is 16.3 Å². The molecule has 0 aliphatic heterocycles. The summed E-state index contributed by atoms with van der Waals surface area (Å²) in [5, 5.41) is 3.34. The van der Waals surface area contributed by atoms with Crippen molar-refractivity contribution < 1.29 is 18.0 Å². The number of hydrogen-bond donors (Lipinski definition) is 1. The van der Waals surface area contributed by atoms with E-state index in [1.807, 2.05) is 20.8 Å². The maximum atomic E-state index is 13.9. The molecule has 1 atom stereocenters. The molecule has 0 unspecified atom stereocenters. The van der Waals surface area contributed by atoms with Gasteiger partial charge in [-0.1, -0.05) is 59.6 Å². The molecule has 0 fully saturated rings. The highest BCUT2D eigenvalue weighted by molar-refractivity contribution is 7.92. The van der Waals surface area contributed by atoms with Crippen LogP contribution in [0.2, 0.25) is 5.02 Å². The van der Waals surface area contributed by atoms with Gasteiger partial charge in [0, 0.05) is 17.6 Å². The summed E-state index contributed by atoms with van der Waals surface area (Å²) in [5.41, 5.74) is 2.73. The fourth-order valence-electron chi connectivity index (χ4n) is 4.01. The average molecular weight is 556 g/mol. The van der Waals surface area contributed by atoms with Crippen molar-refractivity contribution in [1.82, 2.24) is 10.2 Å². The molecule has 0 saturated carbocycles. The minimum absolute atomic E-state index is 0.0751. The zero-order valence-corrected chi connectivity index (χ0v) is 23.9. The quantitative estimate of drug-likeness (QED) is 0.377. The molecule has 9 heteroatoms. The Morgan fingerprint density at radius 2 is 1.58 bits per heavy atom. The molecule has 0 radical (unpaired) electrons. The number of aryl methyl sites for hydroxylation is 2. The largest absolute Gasteiger partial charge is 0.352 e. The van der Waals surface area contributed by atoms with Crippen LogP contribution in [0.15, 0.2) is 77.7 Å². The Kier molecular flexibility index (Phi) is 9.57. The van der Waals surface area contributed by atoms with Crippen molar-refractivity contribution in [2.45, 2.75) is 58.1 Å². The minimum Gasteiger partial charge on any atom is -0.352 e. The lowest BCUT2D eigenvalue weighted by atomic mass is 10.1. The normalized spacial score (nSPS) is 12.2. The van der Waals surface area contributed by atoms with Crippen LogP contribution in [0.25, 0.3) is 0 Å². The number of amides is 2. The number of carbonyl (C=O) groups excluding carboxylic acids is 2. The van der Waals surface area contributed by atoms with E-state index in [9.17, 15) is 18.0 Å². The van der Waals surface area contributed by atoms with Gasteiger partial charge in [-0.15, -0.1) is 0 Å². The molecular weight excluding hydrogens is 522 g/mol. The molecule has 0 aliphatic carbocycles. The average Bonchev–Trinajstić information content (AvgIpc) is 2.85. The smallest absolute Gasteiger partial charge is 0.264 e. The summed E-state index contributed by atoms with van der Waals surface area (Å²) in [6.45, 7) is 8.56. The summed E-state index contributed by atoms with van der Waals surface area (Å²) in [7, 11) is -4.10. The molecule has 0 saturated heterocycles. The van der Waals surface area contributed by atoms with Crippen LogP contribution in [-0.4, -0.2) is 43.8 Å². The van der Waals surface area contributed by atoms with Gasteiger partial charge in [-0.3, -0.25) is 13.9 Å². The second kappa shape index (κ2) is 12.5. The number of anilines is 1. The molecule has 3 rings (SSSR count). The van der Waals surface area contributed by atoms with Crippen LogP contribution >= 0.6 is 11.6 Å². The number of para-hydroxylation sites is 1. The van der Waals surface area contributed by atoms with Crippen LogP contribution in [0.1, 0.15) is 37.5 Å². The summed E-state index contributed by atoms with van der Waals surface area (Å²) in [6, 6.07) is 19.5. The van der Waals surface area contributed by atoms with Crippen LogP contribution < -0.4 is 9.62 Å². The molecule has 0 aromatic heterocycles. The lowest BCUT2D eigenvalue weighted by Gasteiger charge is -2.32. The van der Waals surface area contributed by atoms with Gasteiger partial charge < -0.3 is 10.2 Å². The highest BCUT2D eigenvalue weighted by Crippen LogP contribution is 2.27. The number of nitrogens with zero attached hydrogens (tertiary/aromatic N) is 2. The Labute approximate surface area is 230 Å². The first-order valence-corrected chi connectivity index (χ1v) is 14.2. The van der Waals surface area contributed by atoms with E-state index in [1.165, 1.54) is 17.0 Å². The third-order valence-electron chi connectivity index (χ3n) is 6.11. The monoisotopic (exact) mass is 555 g/mol. The minimum atomic E-state index is -4.10. The topological polar surface area (TPSA) is 86.8 Å². The van der Waals surface area contributed by atoms with E-state index in [-0.39, 0.29) is 23.4 Å². The van der Waals surface area contributed by atoms with E-state index in [1.54, 1.807) is 74.5 Å². The SMILES string of the molecule is Cc1ccc(S(=O)(=O)N(CC(=O)N(Cc2cccc(Cl)c2)[C@H](C)C(=O)NC(C)C)c2ccccc2C)cc1. The predicted octanol–water partition coefficient (Wildman–Crippen LogP) is 5.09. The van der Waals surface area contributed by atoms with Crippen molar-refractivity contribution in [2.24, 2.45) is 0 Å². The third kappa shape index (κ3) is 7.14. The fraction of sp³-hybridized carbons (Fsp3) is 0.310. The first-order chi connectivity index (χ1) is 17.9. The van der Waals surface area contributed by atoms with Crippen molar-refractivity contribution in [3.8, 4) is 0 Å². The molecule has 202 valence electrons. The molecule has 0 spiro atoms. The standard InChI is InChI=1S/C29H34ClN3O4S/c1-20(2)31-29(35)23(5)32(18-24-10-8-11-25(30)17-24)28(34)19-33(27-12-7-6-9-22(27)4)38(36,37)26-15-13-21(3)14-16-26/h6-17,20,23H,18-19H2,1-5H3,(H,31,35)/t23-/m1/s1. The van der Waals surface area contributed by atoms with Crippen molar-refractivity contribution in [1.29, 1.82) is 0 Å². The lowest BCUT2D eigenvalue weighted by molar-refractivity contribution is -0.139. The van der Waals surface area contributed by atoms with Crippen molar-refractivity contribution in [3.63, 3.8) is 0 Å². The maximum absolute atomic E-state index is 13.9. The summed E-state index contributed by atoms with van der Waals surface area (Å²) < 4.78 is 28.8. The van der Waals surface area contributed by atoms with E-state index in [4.69, 9.17) is 11.6 Å². The number of benzene rings is 3. The van der Waals surface area contributed by atoms with Gasteiger partial charge in [0.25, 0.3) is 10.0 Å². The second-order valence-corrected chi connectivity index (χ2v) is 11.9. The van der Waals surface area contributed by atoms with Crippen LogP contribution in [0, 0.1) is 13.8 Å². The molecule has 0 aliphatic rings. The maximum Gasteiger partial charge on any atom is 0.264 e. The van der Waals surface area contributed by atoms with Crippen molar-refractivity contribution >= 4 is 39.1 Å². The van der Waals surface area contributed by atoms with E-state index in [2.05, 4.69) is 5.32 Å². The Bertz CT molecular complexity index is 1390. The number of hydrogen-bond acceptors (Lipinski definition) is 4. The Morgan fingerprint density at radius 3 is 2.18 bits per heavy atom. The molecule has 0 heterocycles. The third-order valence-corrected chi connectivity index (χ3v) is 8.12. The first-order valence-electron chi connectivity index (χ1n) is 12.4. The Morgan fingerprint density at radius 1 is 0.921 bits per heavy atom. The number of rotatable bonds is 10. The van der Waals surface area contributed by atoms with Gasteiger partial charge in [0.15, 0.2) is 0 Å². The van der Waals surface area contributed by atoms with E-state index in [0.717, 1.165) is 15.4 Å². The highest BCUT2D eigenvalue weighted by Gasteiger charge is 2.33. The number of halogens is 1. The van der Waals surface area contributed by atoms with Crippen molar-refractivity contribution in [2.75, 3.05) is 10.8 Å². The predicted molar refractivity (Wildman–Crippen MR) is 152 cm³/mol. The highest BCUT2D eigenvalue weighted by atomic mass is 35.5. The van der Waals surface area contributed by atoms with Gasteiger partial charge in [0.2, 0.25) is 11.8 Å². The van der Waals surface area contributed by atoms with Crippen LogP contribution in [0.4, 0.5) is 5.69 Å². The summed E-state index contributed by atoms with van der Waals surface area (Å²) in [4.78, 5) is 28.3. The first kappa shape index (κ1) is 29.2. The zero-order valence-electron chi connectivity index (χ0n) is 22.3. The van der Waals surface area contributed by atoms with Gasteiger partial charge in [0.1, 0.15) is 12.6 Å². The number of sulfonamides is 1. The Balaban J connectivity index is 2.05. The molecule has 3 aromatic carbocycles. The van der Waals surface area contributed by atoms with E-state index < -0.39 is 28.5 Å². The van der Waals surface area contributed by atoms with Gasteiger partial charge in [-0.2, -0.15) is 0 Å². The number of carbonyl (C=O) groups is 2. The molecule has 7 nitrogen and oxygen atoms in total. The van der Waals surface area contributed by atoms with Gasteiger partial charge in [-0.25, -0.2) is 8.42 Å². The van der Waals surface area contributed by atoms with Gasteiger partial charge in [0.05, 0.1) is 10.6 Å². The molecule has 2 amide bonds. The van der Waals surface area contributed by atoms with Gasteiger partial charge in [-0.05, 0) is 76.1 Å². The zero-order chi connectivity index (χ0) is 28.0. The van der Waals surface area contributed by atoms with Gasteiger partial charge >= 0.3 is 0 Å². The van der Waals surface area contributed by atoms with Crippen LogP contribution in [-0.2, 0) is 26.2 Å². The van der Waals surface area contributed by atoms with Crippen LogP contribution in [0.5, 0.6) is 0 Å². The molecule has 38 heavy (non-hydrogen) atoms. The fourth-order valence-corrected chi connectivity index (χ4v) is 5.71. The van der Waals surface area contributed by atoms with Crippen molar-refractivity contribution in [3.05, 3.63) is 94.5 Å². The summed E-state index contributed by atoms with van der Waals surface area (Å²) in [5.74, 6) is -0.852.